The summed E-state index contributed by atoms with van der Waals surface area (Å²) in [5.41, 5.74) is 7.00. The number of anilines is 2. The second-order valence-corrected chi connectivity index (χ2v) is 13.3. The fourth-order valence-electron chi connectivity index (χ4n) is 8.41. The molecule has 8 rings (SSSR count). The molecule has 0 aliphatic carbocycles. The predicted octanol–water partition coefficient (Wildman–Crippen LogP) is 5.17. The lowest BCUT2D eigenvalue weighted by molar-refractivity contribution is 0.107. The fourth-order valence-corrected chi connectivity index (χ4v) is 8.41. The van der Waals surface area contributed by atoms with Crippen LogP contribution in [0.25, 0.3) is 32.9 Å². The van der Waals surface area contributed by atoms with E-state index in [9.17, 15) is 4.39 Å². The van der Waals surface area contributed by atoms with E-state index >= 15 is 8.78 Å². The Kier molecular flexibility index (Phi) is 7.13. The molecule has 6 heterocycles. The van der Waals surface area contributed by atoms with E-state index < -0.39 is 17.5 Å². The number of rotatable bonds is 7. The van der Waals surface area contributed by atoms with Gasteiger partial charge >= 0.3 is 6.01 Å². The number of piperazine rings is 1. The lowest BCUT2D eigenvalue weighted by atomic mass is 9.94. The summed E-state index contributed by atoms with van der Waals surface area (Å²) in [4.78, 5) is 18.5. The van der Waals surface area contributed by atoms with Gasteiger partial charge in [-0.25, -0.2) is 18.2 Å². The number of nitrogens with two attached hydrogens (primary N) is 1. The molecule has 2 aromatic heterocycles. The zero-order valence-electron chi connectivity index (χ0n) is 26.1. The van der Waals surface area contributed by atoms with Gasteiger partial charge in [-0.15, -0.1) is 0 Å². The summed E-state index contributed by atoms with van der Waals surface area (Å²) in [6.07, 6.45) is 3.76. The number of nitrogens with zero attached hydrogens (tertiary/aromatic N) is 5. The van der Waals surface area contributed by atoms with E-state index in [0.717, 1.165) is 32.2 Å². The highest BCUT2D eigenvalue weighted by molar-refractivity contribution is 6.03. The van der Waals surface area contributed by atoms with Crippen LogP contribution in [-0.2, 0) is 6.42 Å². The molecule has 2 aromatic carbocycles. The first-order valence-electron chi connectivity index (χ1n) is 16.3. The molecule has 0 spiro atoms. The minimum Gasteiger partial charge on any atom is -0.480 e. The zero-order valence-corrected chi connectivity index (χ0v) is 26.1. The number of halogens is 3. The molecule has 12 heteroatoms. The quantitative estimate of drug-likeness (QED) is 0.267. The van der Waals surface area contributed by atoms with Gasteiger partial charge < -0.3 is 25.4 Å². The van der Waals surface area contributed by atoms with Gasteiger partial charge in [0.05, 0.1) is 12.6 Å². The Bertz CT molecular complexity index is 1850. The Morgan fingerprint density at radius 3 is 2.63 bits per heavy atom. The third kappa shape index (κ3) is 4.71. The highest BCUT2D eigenvalue weighted by atomic mass is 19.1. The van der Waals surface area contributed by atoms with Gasteiger partial charge in [0, 0.05) is 49.4 Å². The van der Waals surface area contributed by atoms with Crippen molar-refractivity contribution in [2.45, 2.75) is 69.2 Å². The molecule has 2 unspecified atom stereocenters. The van der Waals surface area contributed by atoms with Crippen molar-refractivity contribution in [3.05, 3.63) is 41.5 Å². The van der Waals surface area contributed by atoms with Gasteiger partial charge in [0.25, 0.3) is 0 Å². The Morgan fingerprint density at radius 2 is 1.87 bits per heavy atom. The highest BCUT2D eigenvalue weighted by Crippen LogP contribution is 2.44. The van der Waals surface area contributed by atoms with Crippen LogP contribution < -0.4 is 25.4 Å². The molecule has 0 radical (unpaired) electrons. The Morgan fingerprint density at radius 1 is 1.07 bits per heavy atom. The molecule has 4 aromatic rings. The van der Waals surface area contributed by atoms with E-state index in [2.05, 4.69) is 20.1 Å². The minimum absolute atomic E-state index is 0.00618. The first-order chi connectivity index (χ1) is 22.3. The fraction of sp³-hybridized carbons (Fsp3) is 0.500. The van der Waals surface area contributed by atoms with E-state index in [4.69, 9.17) is 25.2 Å². The monoisotopic (exact) mass is 633 g/mol. The van der Waals surface area contributed by atoms with Gasteiger partial charge in [-0.2, -0.15) is 9.97 Å². The molecule has 4 aliphatic heterocycles. The summed E-state index contributed by atoms with van der Waals surface area (Å²) in [6.45, 7) is 4.63. The predicted molar refractivity (Wildman–Crippen MR) is 171 cm³/mol. The maximum absolute atomic E-state index is 17.1. The molecule has 46 heavy (non-hydrogen) atoms. The van der Waals surface area contributed by atoms with Crippen molar-refractivity contribution in [3.8, 4) is 23.1 Å². The Hall–Kier alpha value is -3.90. The number of aryl methyl sites for hydroxylation is 1. The van der Waals surface area contributed by atoms with Gasteiger partial charge in [-0.3, -0.25) is 4.90 Å². The van der Waals surface area contributed by atoms with Gasteiger partial charge in [0.15, 0.2) is 5.82 Å². The molecule has 242 valence electrons. The van der Waals surface area contributed by atoms with Crippen molar-refractivity contribution in [1.82, 2.24) is 25.2 Å². The van der Waals surface area contributed by atoms with Crippen LogP contribution >= 0.6 is 0 Å². The molecular weight excluding hydrogens is 595 g/mol. The van der Waals surface area contributed by atoms with Gasteiger partial charge in [0.1, 0.15) is 41.0 Å². The van der Waals surface area contributed by atoms with E-state index in [0.29, 0.717) is 71.3 Å². The lowest BCUT2D eigenvalue weighted by Crippen LogP contribution is -2.51. The third-order valence-electron chi connectivity index (χ3n) is 10.5. The summed E-state index contributed by atoms with van der Waals surface area (Å²) in [5, 5.41) is 5.20. The average molecular weight is 634 g/mol. The summed E-state index contributed by atoms with van der Waals surface area (Å²) in [7, 11) is 1.48. The lowest BCUT2D eigenvalue weighted by Gasteiger charge is -2.34. The van der Waals surface area contributed by atoms with Crippen LogP contribution in [0.1, 0.15) is 44.6 Å². The molecule has 4 saturated heterocycles. The van der Waals surface area contributed by atoms with Gasteiger partial charge in [-0.05, 0) is 73.2 Å². The maximum Gasteiger partial charge on any atom is 0.319 e. The summed E-state index contributed by atoms with van der Waals surface area (Å²) in [5.74, 6) is -0.446. The van der Waals surface area contributed by atoms with Crippen LogP contribution in [-0.4, -0.2) is 83.5 Å². The SMILES string of the molecule is CCc1c(F)ccc2cc(N)cc(-c3nc(OC)c4c(N5CC6CCC(C5)N6)nc(OC[C@@]56CCCN5C[C@H](F)C6)nc4c3F)c12. The molecule has 4 fully saturated rings. The standard InChI is InChI=1S/C34H38F3N7O2/c1-3-23-25(36)8-5-18-11-20(38)12-24(26(18)23)29-28(37)30-27(32(40-29)45-2)31(43-15-21-6-7-22(16-43)39-21)42-33(41-30)46-17-34-9-4-10-44(34)14-19(35)13-34/h5,8,11-12,19,21-22,39H,3-4,6-7,9-10,13-17,38H2,1-2H3/t19-,21?,22?,34+/m1/s1. The molecule has 4 aliphatic rings. The minimum atomic E-state index is -0.908. The second-order valence-electron chi connectivity index (χ2n) is 13.3. The number of hydrogen-bond acceptors (Lipinski definition) is 9. The van der Waals surface area contributed by atoms with E-state index in [1.54, 1.807) is 18.2 Å². The summed E-state index contributed by atoms with van der Waals surface area (Å²) >= 11 is 0. The molecule has 3 N–H and O–H groups in total. The topological polar surface area (TPSA) is 102 Å². The second kappa shape index (κ2) is 11.1. The number of fused-ring (bicyclic) bond motifs is 5. The maximum atomic E-state index is 17.1. The first kappa shape index (κ1) is 29.5. The zero-order chi connectivity index (χ0) is 31.7. The molecule has 2 bridgehead atoms. The van der Waals surface area contributed by atoms with Crippen LogP contribution in [0.2, 0.25) is 0 Å². The van der Waals surface area contributed by atoms with E-state index in [-0.39, 0.29) is 47.6 Å². The molecule has 4 atom stereocenters. The number of nitrogens with one attached hydrogen (secondary N) is 1. The number of pyridine rings is 1. The first-order valence-corrected chi connectivity index (χ1v) is 16.3. The largest absolute Gasteiger partial charge is 0.480 e. The highest BCUT2D eigenvalue weighted by Gasteiger charge is 2.49. The molecule has 0 saturated carbocycles. The van der Waals surface area contributed by atoms with Crippen molar-refractivity contribution in [1.29, 1.82) is 0 Å². The van der Waals surface area contributed by atoms with Crippen molar-refractivity contribution in [3.63, 3.8) is 0 Å². The van der Waals surface area contributed by atoms with Gasteiger partial charge in [-0.1, -0.05) is 13.0 Å². The summed E-state index contributed by atoms with van der Waals surface area (Å²) < 4.78 is 58.8. The van der Waals surface area contributed by atoms with Crippen molar-refractivity contribution < 1.29 is 22.6 Å². The van der Waals surface area contributed by atoms with Crippen molar-refractivity contribution in [2.75, 3.05) is 50.5 Å². The van der Waals surface area contributed by atoms with Crippen LogP contribution in [0.4, 0.5) is 24.7 Å². The van der Waals surface area contributed by atoms with Crippen LogP contribution in [0.15, 0.2) is 24.3 Å². The molecule has 9 nitrogen and oxygen atoms in total. The van der Waals surface area contributed by atoms with Gasteiger partial charge in [0.2, 0.25) is 5.88 Å². The van der Waals surface area contributed by atoms with Crippen molar-refractivity contribution in [2.24, 2.45) is 0 Å². The van der Waals surface area contributed by atoms with E-state index in [1.807, 2.05) is 6.92 Å². The number of benzene rings is 2. The van der Waals surface area contributed by atoms with Crippen molar-refractivity contribution >= 4 is 33.2 Å². The van der Waals surface area contributed by atoms with Crippen LogP contribution in [0.5, 0.6) is 11.9 Å². The number of nitrogen functional groups attached to an aromatic ring is 1. The smallest absolute Gasteiger partial charge is 0.319 e. The summed E-state index contributed by atoms with van der Waals surface area (Å²) in [6, 6.07) is 6.99. The average Bonchev–Trinajstić information content (AvgIpc) is 3.70. The van der Waals surface area contributed by atoms with Crippen LogP contribution in [0, 0.1) is 11.6 Å². The van der Waals surface area contributed by atoms with Crippen LogP contribution in [0.3, 0.4) is 0 Å². The Balaban J connectivity index is 1.32. The molecular formula is C34H38F3N7O2. The third-order valence-corrected chi connectivity index (χ3v) is 10.5. The number of hydrogen-bond donors (Lipinski definition) is 2. The number of aromatic nitrogens is 3. The van der Waals surface area contributed by atoms with E-state index in [1.165, 1.54) is 13.2 Å². The number of ether oxygens (including phenoxy) is 2. The molecule has 0 amide bonds. The number of alkyl halides is 1. The number of methoxy groups -OCH3 is 1. The Labute approximate surface area is 265 Å². The normalized spacial score (nSPS) is 25.9.